The third-order valence-corrected chi connectivity index (χ3v) is 3.20. The van der Waals surface area contributed by atoms with Crippen LogP contribution in [0.5, 0.6) is 0 Å². The fourth-order valence-electron chi connectivity index (χ4n) is 0.609. The summed E-state index contributed by atoms with van der Waals surface area (Å²) < 4.78 is 0. The smallest absolute Gasteiger partial charge is 0.0545 e. The molecule has 1 unspecified atom stereocenters. The van der Waals surface area contributed by atoms with Crippen molar-refractivity contribution in [3.63, 3.8) is 0 Å². The Morgan fingerprint density at radius 1 is 1.38 bits per heavy atom. The lowest BCUT2D eigenvalue weighted by Crippen LogP contribution is -1.62. The van der Waals surface area contributed by atoms with Crippen LogP contribution in [0.25, 0.3) is 0 Å². The Hall–Kier alpha value is -0.350. The first-order chi connectivity index (χ1) is 3.80. The quantitative estimate of drug-likeness (QED) is 0.500. The van der Waals surface area contributed by atoms with E-state index in [0.717, 1.165) is 0 Å². The van der Waals surface area contributed by atoms with Crippen LogP contribution in [0.4, 0.5) is 0 Å². The van der Waals surface area contributed by atoms with E-state index in [1.54, 1.807) is 0 Å². The molecule has 0 aliphatic heterocycles. The molecule has 0 spiro atoms. The highest BCUT2D eigenvalue weighted by Gasteiger charge is 1.96. The summed E-state index contributed by atoms with van der Waals surface area (Å²) in [4.78, 5) is 0. The van der Waals surface area contributed by atoms with Crippen LogP contribution in [0.1, 0.15) is 5.30 Å². The van der Waals surface area contributed by atoms with E-state index in [4.69, 9.17) is 0 Å². The van der Waals surface area contributed by atoms with E-state index in [1.165, 1.54) is 5.30 Å². The highest BCUT2D eigenvalue weighted by atomic mass is 31.1. The second-order valence-electron chi connectivity index (χ2n) is 1.95. The fourth-order valence-corrected chi connectivity index (χ4v) is 1.52. The van der Waals surface area contributed by atoms with Gasteiger partial charge in [0.2, 0.25) is 0 Å². The van der Waals surface area contributed by atoms with Gasteiger partial charge in [0.25, 0.3) is 0 Å². The Kier molecular flexibility index (Phi) is 1.65. The van der Waals surface area contributed by atoms with E-state index >= 15 is 0 Å². The maximum atomic E-state index is 2.27. The van der Waals surface area contributed by atoms with Crippen molar-refractivity contribution in [3.05, 3.63) is 29.3 Å². The van der Waals surface area contributed by atoms with Crippen molar-refractivity contribution in [1.29, 1.82) is 0 Å². The van der Waals surface area contributed by atoms with Gasteiger partial charge in [0.05, 0.1) is 0 Å². The van der Waals surface area contributed by atoms with Gasteiger partial charge in [0, 0.05) is 6.92 Å². The summed E-state index contributed by atoms with van der Waals surface area (Å²) in [6, 6.07) is 6.40. The minimum absolute atomic E-state index is 0.0965. The Balaban J connectivity index is 3.13. The lowest BCUT2D eigenvalue weighted by atomic mass is 10.5. The molecule has 0 saturated heterocycles. The topological polar surface area (TPSA) is 0 Å². The molecule has 0 aromatic carbocycles. The van der Waals surface area contributed by atoms with E-state index in [2.05, 4.69) is 37.6 Å². The molecule has 1 aromatic rings. The lowest BCUT2D eigenvalue weighted by Gasteiger charge is -1.81. The third kappa shape index (κ3) is 1.08. The van der Waals surface area contributed by atoms with E-state index in [0.29, 0.717) is 0 Å². The summed E-state index contributed by atoms with van der Waals surface area (Å²) in [5.74, 6) is 2.27. The molecule has 0 bridgehead atoms. The van der Waals surface area contributed by atoms with Gasteiger partial charge in [-0.05, 0) is 12.1 Å². The standard InChI is InChI=1S/C7H10P/c1-7-5-3-4-6-8(7)2/h3-6H,1-2H3/q+1. The number of aryl methyl sites for hydroxylation is 2. The van der Waals surface area contributed by atoms with Crippen LogP contribution < -0.4 is 0 Å². The normalized spacial score (nSPS) is 11.5. The number of hydrogen-bond donors (Lipinski definition) is 0. The second-order valence-corrected chi connectivity index (χ2v) is 4.18. The molecule has 0 aliphatic rings. The van der Waals surface area contributed by atoms with Crippen molar-refractivity contribution in [3.8, 4) is 0 Å². The van der Waals surface area contributed by atoms with Gasteiger partial charge in [-0.3, -0.25) is 0 Å². The number of rotatable bonds is 0. The monoisotopic (exact) mass is 125 g/mol. The van der Waals surface area contributed by atoms with Crippen LogP contribution in [0, 0.1) is 6.92 Å². The minimum atomic E-state index is 0.0965. The molecular formula is C7H10P+. The fraction of sp³-hybridized carbons (Fsp3) is 0.286. The first kappa shape index (κ1) is 5.78. The zero-order valence-electron chi connectivity index (χ0n) is 5.26. The molecule has 0 radical (unpaired) electrons. The molecule has 42 valence electrons. The van der Waals surface area contributed by atoms with Crippen LogP contribution >= 0.6 is 7.53 Å². The van der Waals surface area contributed by atoms with Gasteiger partial charge < -0.3 is 0 Å². The Bertz CT molecular complexity index is 160. The Morgan fingerprint density at radius 3 is 2.50 bits per heavy atom. The van der Waals surface area contributed by atoms with Crippen molar-refractivity contribution in [2.75, 3.05) is 0 Å². The van der Waals surface area contributed by atoms with Gasteiger partial charge >= 0.3 is 0 Å². The van der Waals surface area contributed by atoms with Gasteiger partial charge in [0.15, 0.2) is 0 Å². The maximum absolute atomic E-state index is 2.27. The first-order valence-electron chi connectivity index (χ1n) is 2.72. The zero-order valence-corrected chi connectivity index (χ0v) is 6.15. The van der Waals surface area contributed by atoms with Crippen molar-refractivity contribution < 1.29 is 0 Å². The molecule has 1 heteroatoms. The van der Waals surface area contributed by atoms with Crippen molar-refractivity contribution >= 4 is 7.53 Å². The summed E-state index contributed by atoms with van der Waals surface area (Å²) >= 11 is 0. The van der Waals surface area contributed by atoms with E-state index in [9.17, 15) is 0 Å². The molecular weight excluding hydrogens is 115 g/mol. The number of hydrogen-bond acceptors (Lipinski definition) is 0. The molecule has 1 aromatic heterocycles. The second kappa shape index (κ2) is 2.28. The lowest BCUT2D eigenvalue weighted by molar-refractivity contribution is 1.59. The van der Waals surface area contributed by atoms with Crippen LogP contribution in [0.15, 0.2) is 24.0 Å². The van der Waals surface area contributed by atoms with Gasteiger partial charge in [-0.25, -0.2) is 0 Å². The molecule has 1 heterocycles. The van der Waals surface area contributed by atoms with Crippen LogP contribution in [0.2, 0.25) is 0 Å². The average molecular weight is 125 g/mol. The van der Waals surface area contributed by atoms with Crippen LogP contribution in [0.3, 0.4) is 0 Å². The van der Waals surface area contributed by atoms with Gasteiger partial charge in [-0.2, -0.15) is 0 Å². The first-order valence-corrected chi connectivity index (χ1v) is 4.58. The van der Waals surface area contributed by atoms with Gasteiger partial charge in [-0.15, -0.1) is 0 Å². The highest BCUT2D eigenvalue weighted by Crippen LogP contribution is 2.25. The van der Waals surface area contributed by atoms with E-state index in [1.807, 2.05) is 0 Å². The molecule has 1 atom stereocenters. The summed E-state index contributed by atoms with van der Waals surface area (Å²) in [7, 11) is 0.0965. The maximum Gasteiger partial charge on any atom is 0.124 e. The molecule has 0 fully saturated rings. The highest BCUT2D eigenvalue weighted by molar-refractivity contribution is 7.47. The van der Waals surface area contributed by atoms with Crippen molar-refractivity contribution in [2.45, 2.75) is 6.92 Å². The Labute approximate surface area is 51.2 Å². The van der Waals surface area contributed by atoms with Gasteiger partial charge in [-0.1, -0.05) is 6.07 Å². The van der Waals surface area contributed by atoms with Crippen molar-refractivity contribution in [1.82, 2.24) is 0 Å². The molecule has 0 nitrogen and oxygen atoms in total. The third-order valence-electron chi connectivity index (χ3n) is 1.31. The minimum Gasteiger partial charge on any atom is -0.0545 e. The molecule has 1 rings (SSSR count). The Morgan fingerprint density at radius 2 is 2.12 bits per heavy atom. The van der Waals surface area contributed by atoms with E-state index < -0.39 is 0 Å². The summed E-state index contributed by atoms with van der Waals surface area (Å²) in [5.41, 5.74) is 0. The predicted octanol–water partition coefficient (Wildman–Crippen LogP) is 2.80. The molecule has 0 N–H and O–H groups in total. The van der Waals surface area contributed by atoms with Crippen molar-refractivity contribution in [2.24, 2.45) is 6.66 Å². The predicted molar refractivity (Wildman–Crippen MR) is 39.3 cm³/mol. The van der Waals surface area contributed by atoms with Crippen LogP contribution in [-0.2, 0) is 6.66 Å². The SMILES string of the molecule is Cc1cccc[p+]1C. The largest absolute Gasteiger partial charge is 0.124 e. The molecule has 0 saturated carbocycles. The van der Waals surface area contributed by atoms with E-state index in [-0.39, 0.29) is 7.53 Å². The molecule has 0 aliphatic carbocycles. The zero-order chi connectivity index (χ0) is 5.98. The average Bonchev–Trinajstić information content (AvgIpc) is 1.77. The summed E-state index contributed by atoms with van der Waals surface area (Å²) in [6.07, 6.45) is 0. The summed E-state index contributed by atoms with van der Waals surface area (Å²) in [5, 5.41) is 1.52. The van der Waals surface area contributed by atoms with Crippen LogP contribution in [-0.4, -0.2) is 0 Å². The molecule has 8 heavy (non-hydrogen) atoms. The summed E-state index contributed by atoms with van der Waals surface area (Å²) in [6.45, 7) is 4.45. The van der Waals surface area contributed by atoms with Gasteiger partial charge in [0.1, 0.15) is 25.3 Å². The molecule has 0 amide bonds.